The van der Waals surface area contributed by atoms with Crippen LogP contribution in [0.3, 0.4) is 0 Å². The summed E-state index contributed by atoms with van der Waals surface area (Å²) in [5, 5.41) is 3.45. The highest BCUT2D eigenvalue weighted by atomic mass is 14.9. The highest BCUT2D eigenvalue weighted by Crippen LogP contribution is 2.15. The van der Waals surface area contributed by atoms with Crippen molar-refractivity contribution in [3.63, 3.8) is 0 Å². The van der Waals surface area contributed by atoms with Crippen LogP contribution in [-0.2, 0) is 0 Å². The van der Waals surface area contributed by atoms with Crippen LogP contribution >= 0.6 is 0 Å². The van der Waals surface area contributed by atoms with E-state index < -0.39 is 0 Å². The van der Waals surface area contributed by atoms with E-state index in [0.29, 0.717) is 0 Å². The standard InChI is InChI=1S/C20H31N/c1-5-17(2)13-9-7-6-8-12-16-21-19(4)20-15-11-10-14-18(20)3/h10-11,14-15,21H,2,4-9,12-13,16H2,1,3H3. The second kappa shape index (κ2) is 10.3. The third-order valence-electron chi connectivity index (χ3n) is 4.02. The zero-order chi connectivity index (χ0) is 15.5. The first-order chi connectivity index (χ1) is 10.1. The summed E-state index contributed by atoms with van der Waals surface area (Å²) in [6.07, 6.45) is 8.82. The SMILES string of the molecule is C=C(CC)CCCCCCCNC(=C)c1ccccc1C. The van der Waals surface area contributed by atoms with E-state index in [-0.39, 0.29) is 0 Å². The van der Waals surface area contributed by atoms with Gasteiger partial charge in [-0.1, -0.05) is 69.2 Å². The number of aryl methyl sites for hydroxylation is 1. The van der Waals surface area contributed by atoms with E-state index in [1.165, 1.54) is 55.2 Å². The summed E-state index contributed by atoms with van der Waals surface area (Å²) in [7, 11) is 0. The summed E-state index contributed by atoms with van der Waals surface area (Å²) in [5.41, 5.74) is 4.96. The summed E-state index contributed by atoms with van der Waals surface area (Å²) in [5.74, 6) is 0. The molecule has 0 aromatic heterocycles. The quantitative estimate of drug-likeness (QED) is 0.396. The van der Waals surface area contributed by atoms with Crippen LogP contribution in [0.1, 0.15) is 63.0 Å². The Bertz CT molecular complexity index is 445. The number of benzene rings is 1. The monoisotopic (exact) mass is 285 g/mol. The van der Waals surface area contributed by atoms with Gasteiger partial charge in [0.15, 0.2) is 0 Å². The van der Waals surface area contributed by atoms with Crippen LogP contribution in [-0.4, -0.2) is 6.54 Å². The molecule has 0 radical (unpaired) electrons. The fraction of sp³-hybridized carbons (Fsp3) is 0.500. The lowest BCUT2D eigenvalue weighted by Crippen LogP contribution is -2.13. The van der Waals surface area contributed by atoms with Gasteiger partial charge in [-0.15, -0.1) is 0 Å². The van der Waals surface area contributed by atoms with E-state index in [4.69, 9.17) is 0 Å². The first-order valence-electron chi connectivity index (χ1n) is 8.30. The highest BCUT2D eigenvalue weighted by molar-refractivity contribution is 5.64. The molecule has 1 rings (SSSR count). The van der Waals surface area contributed by atoms with E-state index in [2.05, 4.69) is 56.6 Å². The summed E-state index contributed by atoms with van der Waals surface area (Å²) in [6, 6.07) is 8.40. The van der Waals surface area contributed by atoms with Crippen LogP contribution in [0.2, 0.25) is 0 Å². The Morgan fingerprint density at radius 2 is 1.67 bits per heavy atom. The summed E-state index contributed by atoms with van der Waals surface area (Å²) < 4.78 is 0. The minimum Gasteiger partial charge on any atom is -0.385 e. The van der Waals surface area contributed by atoms with Gasteiger partial charge in [-0.05, 0) is 43.7 Å². The van der Waals surface area contributed by atoms with Gasteiger partial charge >= 0.3 is 0 Å². The van der Waals surface area contributed by atoms with Crippen molar-refractivity contribution in [3.05, 3.63) is 54.1 Å². The molecule has 0 bridgehead atoms. The Morgan fingerprint density at radius 1 is 1.00 bits per heavy atom. The average Bonchev–Trinajstić information content (AvgIpc) is 2.49. The molecule has 0 heterocycles. The zero-order valence-electron chi connectivity index (χ0n) is 13.9. The Kier molecular flexibility index (Phi) is 8.57. The van der Waals surface area contributed by atoms with Gasteiger partial charge in [-0.2, -0.15) is 0 Å². The van der Waals surface area contributed by atoms with E-state index >= 15 is 0 Å². The lowest BCUT2D eigenvalue weighted by Gasteiger charge is -2.12. The molecule has 0 aliphatic rings. The third-order valence-corrected chi connectivity index (χ3v) is 4.02. The van der Waals surface area contributed by atoms with Crippen molar-refractivity contribution in [1.29, 1.82) is 0 Å². The van der Waals surface area contributed by atoms with Crippen LogP contribution in [0.15, 0.2) is 43.0 Å². The topological polar surface area (TPSA) is 12.0 Å². The van der Waals surface area contributed by atoms with E-state index in [1.807, 2.05) is 0 Å². The molecule has 0 unspecified atom stereocenters. The second-order valence-corrected chi connectivity index (χ2v) is 5.84. The van der Waals surface area contributed by atoms with Gasteiger partial charge < -0.3 is 5.32 Å². The maximum atomic E-state index is 4.14. The highest BCUT2D eigenvalue weighted by Gasteiger charge is 2.00. The van der Waals surface area contributed by atoms with Gasteiger partial charge in [0.2, 0.25) is 0 Å². The molecule has 1 aromatic carbocycles. The largest absolute Gasteiger partial charge is 0.385 e. The molecular formula is C20H31N. The van der Waals surface area contributed by atoms with Crippen LogP contribution in [0.25, 0.3) is 5.70 Å². The molecular weight excluding hydrogens is 254 g/mol. The summed E-state index contributed by atoms with van der Waals surface area (Å²) in [6.45, 7) is 13.5. The minimum atomic E-state index is 1.02. The van der Waals surface area contributed by atoms with Gasteiger partial charge in [-0.25, -0.2) is 0 Å². The third kappa shape index (κ3) is 7.17. The van der Waals surface area contributed by atoms with Gasteiger partial charge in [0.25, 0.3) is 0 Å². The maximum absolute atomic E-state index is 4.14. The zero-order valence-corrected chi connectivity index (χ0v) is 13.9. The summed E-state index contributed by atoms with van der Waals surface area (Å²) >= 11 is 0. The van der Waals surface area contributed by atoms with Crippen LogP contribution in [0.4, 0.5) is 0 Å². The molecule has 0 fully saturated rings. The number of hydrogen-bond acceptors (Lipinski definition) is 1. The molecule has 0 aliphatic carbocycles. The first-order valence-corrected chi connectivity index (χ1v) is 8.30. The van der Waals surface area contributed by atoms with Gasteiger partial charge in [-0.3, -0.25) is 0 Å². The lowest BCUT2D eigenvalue weighted by atomic mass is 10.0. The molecule has 116 valence electrons. The van der Waals surface area contributed by atoms with Crippen molar-refractivity contribution in [2.24, 2.45) is 0 Å². The smallest absolute Gasteiger partial charge is 0.0343 e. The fourth-order valence-electron chi connectivity index (χ4n) is 2.45. The van der Waals surface area contributed by atoms with Crippen LogP contribution in [0, 0.1) is 6.92 Å². The van der Waals surface area contributed by atoms with Crippen molar-refractivity contribution >= 4 is 5.70 Å². The lowest BCUT2D eigenvalue weighted by molar-refractivity contribution is 0.602. The predicted octanol–water partition coefficient (Wildman–Crippen LogP) is 5.86. The Hall–Kier alpha value is -1.50. The molecule has 0 saturated carbocycles. The van der Waals surface area contributed by atoms with E-state index in [1.54, 1.807) is 0 Å². The van der Waals surface area contributed by atoms with E-state index in [0.717, 1.165) is 18.7 Å². The Balaban J connectivity index is 2.06. The molecule has 1 nitrogen and oxygen atoms in total. The fourth-order valence-corrected chi connectivity index (χ4v) is 2.45. The number of nitrogens with one attached hydrogen (secondary N) is 1. The second-order valence-electron chi connectivity index (χ2n) is 5.84. The molecule has 0 atom stereocenters. The number of hydrogen-bond donors (Lipinski definition) is 1. The number of allylic oxidation sites excluding steroid dienone is 1. The molecule has 1 N–H and O–H groups in total. The van der Waals surface area contributed by atoms with Crippen molar-refractivity contribution in [2.75, 3.05) is 6.54 Å². The maximum Gasteiger partial charge on any atom is 0.0343 e. The molecule has 1 aromatic rings. The van der Waals surface area contributed by atoms with Gasteiger partial charge in [0.05, 0.1) is 0 Å². The molecule has 21 heavy (non-hydrogen) atoms. The van der Waals surface area contributed by atoms with Crippen molar-refractivity contribution in [1.82, 2.24) is 5.32 Å². The molecule has 0 aliphatic heterocycles. The normalized spacial score (nSPS) is 10.4. The van der Waals surface area contributed by atoms with E-state index in [9.17, 15) is 0 Å². The number of unbranched alkanes of at least 4 members (excludes halogenated alkanes) is 4. The minimum absolute atomic E-state index is 1.02. The number of rotatable bonds is 11. The van der Waals surface area contributed by atoms with Crippen molar-refractivity contribution in [3.8, 4) is 0 Å². The molecule has 1 heteroatoms. The first kappa shape index (κ1) is 17.6. The summed E-state index contributed by atoms with van der Waals surface area (Å²) in [4.78, 5) is 0. The van der Waals surface area contributed by atoms with Gasteiger partial charge in [0.1, 0.15) is 0 Å². The molecule has 0 saturated heterocycles. The molecule has 0 spiro atoms. The van der Waals surface area contributed by atoms with Gasteiger partial charge in [0, 0.05) is 12.2 Å². The van der Waals surface area contributed by atoms with Crippen LogP contribution < -0.4 is 5.32 Å². The predicted molar refractivity (Wildman–Crippen MR) is 95.3 cm³/mol. The van der Waals surface area contributed by atoms with Crippen molar-refractivity contribution in [2.45, 2.75) is 58.8 Å². The average molecular weight is 285 g/mol. The Morgan fingerprint density at radius 3 is 2.38 bits per heavy atom. The van der Waals surface area contributed by atoms with Crippen molar-refractivity contribution < 1.29 is 0 Å². The van der Waals surface area contributed by atoms with Crippen LogP contribution in [0.5, 0.6) is 0 Å². The Labute approximate surface area is 131 Å². The molecule has 0 amide bonds.